The number of hydrogen-bond donors (Lipinski definition) is 0. The average Bonchev–Trinajstić information content (AvgIpc) is 2.78. The van der Waals surface area contributed by atoms with Crippen LogP contribution >= 0.6 is 0 Å². The minimum Gasteiger partial charge on any atom is -0.0999 e. The van der Waals surface area contributed by atoms with Crippen molar-refractivity contribution in [3.63, 3.8) is 0 Å². The van der Waals surface area contributed by atoms with Crippen molar-refractivity contribution in [3.8, 4) is 0 Å². The Labute approximate surface area is 201 Å². The molecule has 32 heavy (non-hydrogen) atoms. The van der Waals surface area contributed by atoms with E-state index in [1.807, 2.05) is 32.0 Å². The number of rotatable bonds is 7. The van der Waals surface area contributed by atoms with E-state index >= 15 is 0 Å². The molecule has 0 nitrogen and oxygen atoms in total. The molecule has 178 valence electrons. The van der Waals surface area contributed by atoms with Crippen LogP contribution in [0.4, 0.5) is 0 Å². The first kappa shape index (κ1) is 31.8. The zero-order valence-corrected chi connectivity index (χ0v) is 22.6. The standard InChI is InChI=1S/C15H26.C8H10.C7H8.C2H6/c1-6-9-14(5)10-8-11-15(7-2)12-13(3)4;1-7-3-5-8(2)6-4-7;1-7-5-3-2-4-6-7;1-2/h7,12H,5-6,8-11H2,1-4H3;3-6H,1-2H3;2-6H,1H3;1-2H3/b15-7-;;;. The SMILES string of the molecule is C=C(CCC)CCC/C(C=C(C)C)=C/C.CC.Cc1ccc(C)cc1.Cc1ccccc1. The monoisotopic (exact) mass is 434 g/mol. The van der Waals surface area contributed by atoms with Gasteiger partial charge in [0, 0.05) is 0 Å². The van der Waals surface area contributed by atoms with Gasteiger partial charge in [-0.2, -0.15) is 0 Å². The third kappa shape index (κ3) is 20.9. The number of aryl methyl sites for hydroxylation is 3. The number of hydrogen-bond acceptors (Lipinski definition) is 0. The Morgan fingerprint density at radius 1 is 0.750 bits per heavy atom. The minimum absolute atomic E-state index is 1.18. The molecule has 0 spiro atoms. The zero-order chi connectivity index (χ0) is 24.8. The van der Waals surface area contributed by atoms with Crippen LogP contribution in [0.5, 0.6) is 0 Å². The molecule has 0 radical (unpaired) electrons. The Hall–Kier alpha value is -2.34. The molecule has 2 rings (SSSR count). The summed E-state index contributed by atoms with van der Waals surface area (Å²) in [5.74, 6) is 0. The largest absolute Gasteiger partial charge is 0.0999 e. The van der Waals surface area contributed by atoms with Gasteiger partial charge in [-0.3, -0.25) is 0 Å². The van der Waals surface area contributed by atoms with Crippen LogP contribution in [0.2, 0.25) is 0 Å². The quantitative estimate of drug-likeness (QED) is 0.300. The maximum Gasteiger partial charge on any atom is -0.0279 e. The molecule has 0 N–H and O–H groups in total. The molecule has 0 fully saturated rings. The van der Waals surface area contributed by atoms with Gasteiger partial charge in [-0.15, -0.1) is 0 Å². The van der Waals surface area contributed by atoms with Gasteiger partial charge in [0.25, 0.3) is 0 Å². The summed E-state index contributed by atoms with van der Waals surface area (Å²) in [6.07, 6.45) is 10.5. The van der Waals surface area contributed by atoms with Crippen LogP contribution in [0, 0.1) is 20.8 Å². The van der Waals surface area contributed by atoms with Crippen molar-refractivity contribution in [2.24, 2.45) is 0 Å². The number of allylic oxidation sites excluding steroid dienone is 5. The maximum atomic E-state index is 4.09. The van der Waals surface area contributed by atoms with Crippen molar-refractivity contribution >= 4 is 0 Å². The molecular weight excluding hydrogens is 384 g/mol. The first-order valence-electron chi connectivity index (χ1n) is 12.3. The van der Waals surface area contributed by atoms with Gasteiger partial charge < -0.3 is 0 Å². The van der Waals surface area contributed by atoms with Crippen LogP contribution < -0.4 is 0 Å². The lowest BCUT2D eigenvalue weighted by Crippen LogP contribution is -1.85. The first-order valence-corrected chi connectivity index (χ1v) is 12.3. The molecule has 0 aliphatic carbocycles. The summed E-state index contributed by atoms with van der Waals surface area (Å²) in [4.78, 5) is 0. The fourth-order valence-corrected chi connectivity index (χ4v) is 2.86. The van der Waals surface area contributed by atoms with Gasteiger partial charge in [0.15, 0.2) is 0 Å². The van der Waals surface area contributed by atoms with Gasteiger partial charge in [0.2, 0.25) is 0 Å². The van der Waals surface area contributed by atoms with E-state index in [0.717, 1.165) is 0 Å². The van der Waals surface area contributed by atoms with Crippen molar-refractivity contribution in [2.75, 3.05) is 0 Å². The van der Waals surface area contributed by atoms with E-state index in [2.05, 4.69) is 104 Å². The second kappa shape index (κ2) is 21.9. The summed E-state index contributed by atoms with van der Waals surface area (Å²) < 4.78 is 0. The van der Waals surface area contributed by atoms with Gasteiger partial charge in [0.05, 0.1) is 0 Å². The molecule has 2 aromatic rings. The summed E-state index contributed by atoms with van der Waals surface area (Å²) >= 11 is 0. The number of benzene rings is 2. The van der Waals surface area contributed by atoms with E-state index in [9.17, 15) is 0 Å². The van der Waals surface area contributed by atoms with Crippen LogP contribution in [0.15, 0.2) is 90.0 Å². The van der Waals surface area contributed by atoms with E-state index in [-0.39, 0.29) is 0 Å². The second-order valence-electron chi connectivity index (χ2n) is 8.25. The van der Waals surface area contributed by atoms with Gasteiger partial charge in [-0.05, 0) is 67.2 Å². The second-order valence-corrected chi connectivity index (χ2v) is 8.25. The summed E-state index contributed by atoms with van der Waals surface area (Å²) in [5.41, 5.74) is 8.23. The van der Waals surface area contributed by atoms with E-state index in [1.165, 1.54) is 65.5 Å². The fraction of sp³-hybridized carbons (Fsp3) is 0.438. The molecule has 0 aliphatic heterocycles. The molecule has 0 aliphatic rings. The van der Waals surface area contributed by atoms with E-state index < -0.39 is 0 Å². The molecule has 0 heterocycles. The summed E-state index contributed by atoms with van der Waals surface area (Å²) in [7, 11) is 0. The van der Waals surface area contributed by atoms with Crippen LogP contribution in [-0.2, 0) is 0 Å². The third-order valence-electron chi connectivity index (χ3n) is 4.60. The van der Waals surface area contributed by atoms with Crippen LogP contribution in [0.1, 0.15) is 90.3 Å². The van der Waals surface area contributed by atoms with Crippen molar-refractivity contribution < 1.29 is 0 Å². The highest BCUT2D eigenvalue weighted by molar-refractivity contribution is 5.21. The highest BCUT2D eigenvalue weighted by Crippen LogP contribution is 2.16. The third-order valence-corrected chi connectivity index (χ3v) is 4.60. The van der Waals surface area contributed by atoms with Gasteiger partial charge in [-0.25, -0.2) is 0 Å². The fourth-order valence-electron chi connectivity index (χ4n) is 2.86. The highest BCUT2D eigenvalue weighted by atomic mass is 14.0. The van der Waals surface area contributed by atoms with E-state index in [1.54, 1.807) is 0 Å². The van der Waals surface area contributed by atoms with Crippen molar-refractivity contribution in [1.82, 2.24) is 0 Å². The summed E-state index contributed by atoms with van der Waals surface area (Å²) in [6, 6.07) is 18.7. The Bertz CT molecular complexity index is 717. The zero-order valence-electron chi connectivity index (χ0n) is 22.6. The lowest BCUT2D eigenvalue weighted by Gasteiger charge is -2.05. The van der Waals surface area contributed by atoms with Crippen molar-refractivity contribution in [2.45, 2.75) is 94.4 Å². The summed E-state index contributed by atoms with van der Waals surface area (Å²) in [5, 5.41) is 0. The smallest absolute Gasteiger partial charge is 0.0279 e. The van der Waals surface area contributed by atoms with E-state index in [0.29, 0.717) is 0 Å². The lowest BCUT2D eigenvalue weighted by atomic mass is 10.0. The van der Waals surface area contributed by atoms with Gasteiger partial charge in [0.1, 0.15) is 0 Å². The van der Waals surface area contributed by atoms with Gasteiger partial charge in [-0.1, -0.05) is 134 Å². The normalized spacial score (nSPS) is 9.72. The molecular formula is C32H50. The molecule has 0 saturated heterocycles. The molecule has 0 saturated carbocycles. The molecule has 0 aromatic heterocycles. The Morgan fingerprint density at radius 2 is 1.22 bits per heavy atom. The predicted octanol–water partition coefficient (Wildman–Crippen LogP) is 10.8. The van der Waals surface area contributed by atoms with Crippen molar-refractivity contribution in [1.29, 1.82) is 0 Å². The summed E-state index contributed by atoms with van der Waals surface area (Å²) in [6.45, 7) is 23.0. The highest BCUT2D eigenvalue weighted by Gasteiger charge is 1.96. The Kier molecular flexibility index (Phi) is 21.8. The Morgan fingerprint density at radius 3 is 1.56 bits per heavy atom. The van der Waals surface area contributed by atoms with E-state index in [4.69, 9.17) is 0 Å². The Balaban J connectivity index is 0. The average molecular weight is 435 g/mol. The maximum absolute atomic E-state index is 4.09. The van der Waals surface area contributed by atoms with Crippen LogP contribution in [0.3, 0.4) is 0 Å². The molecule has 0 amide bonds. The molecule has 0 bridgehead atoms. The van der Waals surface area contributed by atoms with Crippen LogP contribution in [0.25, 0.3) is 0 Å². The lowest BCUT2D eigenvalue weighted by molar-refractivity contribution is 0.762. The van der Waals surface area contributed by atoms with Crippen molar-refractivity contribution in [3.05, 3.63) is 107 Å². The topological polar surface area (TPSA) is 0 Å². The molecule has 0 atom stereocenters. The first-order chi connectivity index (χ1) is 15.3. The molecule has 0 heteroatoms. The minimum atomic E-state index is 1.18. The molecule has 2 aromatic carbocycles. The molecule has 0 unspecified atom stereocenters. The van der Waals surface area contributed by atoms with Gasteiger partial charge >= 0.3 is 0 Å². The van der Waals surface area contributed by atoms with Crippen LogP contribution in [-0.4, -0.2) is 0 Å². The predicted molar refractivity (Wildman–Crippen MR) is 150 cm³/mol.